The third-order valence-electron chi connectivity index (χ3n) is 2.56. The van der Waals surface area contributed by atoms with E-state index < -0.39 is 0 Å². The molecule has 0 saturated carbocycles. The molecule has 0 aliphatic rings. The van der Waals surface area contributed by atoms with Gasteiger partial charge in [-0.1, -0.05) is 32.6 Å². The quantitative estimate of drug-likeness (QED) is 0.619. The van der Waals surface area contributed by atoms with Crippen LogP contribution in [-0.2, 0) is 11.2 Å². The molecule has 0 aromatic carbocycles. The first-order chi connectivity index (χ1) is 7.72. The van der Waals surface area contributed by atoms with Gasteiger partial charge in [0.05, 0.1) is 3.79 Å². The predicted octanol–water partition coefficient (Wildman–Crippen LogP) is 4.98. The van der Waals surface area contributed by atoms with E-state index in [0.29, 0.717) is 12.2 Å². The van der Waals surface area contributed by atoms with Gasteiger partial charge in [-0.3, -0.25) is 4.79 Å². The van der Waals surface area contributed by atoms with Gasteiger partial charge in [0, 0.05) is 17.7 Å². The lowest BCUT2D eigenvalue weighted by molar-refractivity contribution is -0.118. The highest BCUT2D eigenvalue weighted by Crippen LogP contribution is 2.23. The third kappa shape index (κ3) is 5.80. The van der Waals surface area contributed by atoms with Crippen LogP contribution in [0.25, 0.3) is 0 Å². The summed E-state index contributed by atoms with van der Waals surface area (Å²) in [6.07, 6.45) is 7.46. The van der Waals surface area contributed by atoms with Gasteiger partial charge in [0.1, 0.15) is 5.78 Å². The lowest BCUT2D eigenvalue weighted by atomic mass is 10.1. The Labute approximate surface area is 110 Å². The van der Waals surface area contributed by atoms with Gasteiger partial charge in [0.15, 0.2) is 0 Å². The van der Waals surface area contributed by atoms with E-state index in [4.69, 9.17) is 0 Å². The molecule has 0 aliphatic heterocycles. The molecule has 0 unspecified atom stereocenters. The Morgan fingerprint density at radius 1 is 1.25 bits per heavy atom. The van der Waals surface area contributed by atoms with E-state index in [0.717, 1.165) is 16.6 Å². The first-order valence-corrected chi connectivity index (χ1v) is 7.59. The smallest absolute Gasteiger partial charge is 0.138 e. The lowest BCUT2D eigenvalue weighted by Crippen LogP contribution is -2.00. The second-order valence-electron chi connectivity index (χ2n) is 4.09. The van der Waals surface area contributed by atoms with Crippen molar-refractivity contribution in [1.82, 2.24) is 0 Å². The van der Waals surface area contributed by atoms with E-state index in [9.17, 15) is 4.79 Å². The van der Waals surface area contributed by atoms with E-state index in [1.807, 2.05) is 12.1 Å². The normalized spacial score (nSPS) is 10.6. The van der Waals surface area contributed by atoms with Gasteiger partial charge in [-0.15, -0.1) is 11.3 Å². The zero-order valence-electron chi connectivity index (χ0n) is 9.80. The van der Waals surface area contributed by atoms with Gasteiger partial charge < -0.3 is 0 Å². The van der Waals surface area contributed by atoms with E-state index in [2.05, 4.69) is 22.9 Å². The Bertz CT molecular complexity index is 319. The summed E-state index contributed by atoms with van der Waals surface area (Å²) in [5.41, 5.74) is 0. The number of carbonyl (C=O) groups excluding carboxylic acids is 1. The molecule has 3 heteroatoms. The second kappa shape index (κ2) is 8.02. The summed E-state index contributed by atoms with van der Waals surface area (Å²) in [7, 11) is 0. The average molecular weight is 303 g/mol. The van der Waals surface area contributed by atoms with E-state index >= 15 is 0 Å². The number of hydrogen-bond acceptors (Lipinski definition) is 2. The number of hydrogen-bond donors (Lipinski definition) is 0. The standard InChI is InChI=1S/C13H19BrOS/c1-2-3-4-5-6-7-11(15)10-12-8-9-13(14)16-12/h8-9H,2-7,10H2,1H3. The van der Waals surface area contributed by atoms with Crippen molar-refractivity contribution in [1.29, 1.82) is 0 Å². The molecule has 0 aliphatic carbocycles. The minimum absolute atomic E-state index is 0.380. The molecule has 90 valence electrons. The molecule has 0 amide bonds. The Morgan fingerprint density at radius 2 is 2.00 bits per heavy atom. The molecule has 0 fully saturated rings. The molecular weight excluding hydrogens is 284 g/mol. The number of carbonyl (C=O) groups is 1. The molecule has 0 bridgehead atoms. The number of rotatable bonds is 8. The summed E-state index contributed by atoms with van der Waals surface area (Å²) in [6.45, 7) is 2.21. The van der Waals surface area contributed by atoms with Crippen molar-refractivity contribution in [2.75, 3.05) is 0 Å². The fourth-order valence-corrected chi connectivity index (χ4v) is 3.17. The summed E-state index contributed by atoms with van der Waals surface area (Å²) in [4.78, 5) is 12.8. The Hall–Kier alpha value is -0.150. The highest BCUT2D eigenvalue weighted by molar-refractivity contribution is 9.11. The van der Waals surface area contributed by atoms with Gasteiger partial charge in [0.25, 0.3) is 0 Å². The molecule has 1 heterocycles. The summed E-state index contributed by atoms with van der Waals surface area (Å²) >= 11 is 5.07. The maximum absolute atomic E-state index is 11.6. The van der Waals surface area contributed by atoms with Crippen molar-refractivity contribution in [3.05, 3.63) is 20.8 Å². The molecule has 0 saturated heterocycles. The van der Waals surface area contributed by atoms with Crippen molar-refractivity contribution < 1.29 is 4.79 Å². The van der Waals surface area contributed by atoms with Crippen LogP contribution in [0.1, 0.15) is 50.3 Å². The van der Waals surface area contributed by atoms with E-state index in [1.54, 1.807) is 11.3 Å². The lowest BCUT2D eigenvalue weighted by Gasteiger charge is -1.99. The molecule has 0 atom stereocenters. The van der Waals surface area contributed by atoms with Crippen LogP contribution in [0.3, 0.4) is 0 Å². The average Bonchev–Trinajstić information content (AvgIpc) is 2.63. The fourth-order valence-electron chi connectivity index (χ4n) is 1.66. The highest BCUT2D eigenvalue weighted by Gasteiger charge is 2.05. The minimum Gasteiger partial charge on any atom is -0.299 e. The molecule has 1 aromatic rings. The molecule has 0 radical (unpaired) electrons. The molecule has 1 aromatic heterocycles. The van der Waals surface area contributed by atoms with Crippen LogP contribution in [0.5, 0.6) is 0 Å². The number of thiophene rings is 1. The van der Waals surface area contributed by atoms with Crippen molar-refractivity contribution >= 4 is 33.0 Å². The Morgan fingerprint density at radius 3 is 2.62 bits per heavy atom. The number of ketones is 1. The van der Waals surface area contributed by atoms with Crippen LogP contribution in [0, 0.1) is 0 Å². The maximum Gasteiger partial charge on any atom is 0.138 e. The summed E-state index contributed by atoms with van der Waals surface area (Å²) in [5.74, 6) is 0.380. The molecule has 0 N–H and O–H groups in total. The van der Waals surface area contributed by atoms with Crippen LogP contribution in [-0.4, -0.2) is 5.78 Å². The summed E-state index contributed by atoms with van der Waals surface area (Å²) in [6, 6.07) is 4.04. The fraction of sp³-hybridized carbons (Fsp3) is 0.615. The van der Waals surface area contributed by atoms with Crippen LogP contribution < -0.4 is 0 Å². The van der Waals surface area contributed by atoms with Crippen molar-refractivity contribution in [2.45, 2.75) is 51.9 Å². The SMILES string of the molecule is CCCCCCCC(=O)Cc1ccc(Br)s1. The number of unbranched alkanes of at least 4 members (excludes halogenated alkanes) is 4. The number of Topliss-reactive ketones (excluding diaryl/α,β-unsaturated/α-hetero) is 1. The molecular formula is C13H19BrOS. The van der Waals surface area contributed by atoms with Crippen LogP contribution >= 0.6 is 27.3 Å². The molecule has 0 spiro atoms. The Kier molecular flexibility index (Phi) is 6.97. The van der Waals surface area contributed by atoms with Gasteiger partial charge >= 0.3 is 0 Å². The van der Waals surface area contributed by atoms with Crippen molar-refractivity contribution in [3.8, 4) is 0 Å². The topological polar surface area (TPSA) is 17.1 Å². The van der Waals surface area contributed by atoms with Gasteiger partial charge in [0.2, 0.25) is 0 Å². The van der Waals surface area contributed by atoms with Crippen molar-refractivity contribution in [2.24, 2.45) is 0 Å². The van der Waals surface area contributed by atoms with Gasteiger partial charge in [-0.2, -0.15) is 0 Å². The largest absolute Gasteiger partial charge is 0.299 e. The van der Waals surface area contributed by atoms with Gasteiger partial charge in [-0.25, -0.2) is 0 Å². The predicted molar refractivity (Wildman–Crippen MR) is 74.1 cm³/mol. The zero-order chi connectivity index (χ0) is 11.8. The Balaban J connectivity index is 2.11. The molecule has 1 rings (SSSR count). The zero-order valence-corrected chi connectivity index (χ0v) is 12.2. The molecule has 1 nitrogen and oxygen atoms in total. The summed E-state index contributed by atoms with van der Waals surface area (Å²) < 4.78 is 1.11. The maximum atomic E-state index is 11.6. The van der Waals surface area contributed by atoms with Crippen LogP contribution in [0.2, 0.25) is 0 Å². The molecule has 16 heavy (non-hydrogen) atoms. The second-order valence-corrected chi connectivity index (χ2v) is 6.63. The van der Waals surface area contributed by atoms with Crippen molar-refractivity contribution in [3.63, 3.8) is 0 Å². The first-order valence-electron chi connectivity index (χ1n) is 5.98. The van der Waals surface area contributed by atoms with E-state index in [1.165, 1.54) is 30.6 Å². The number of halogens is 1. The third-order valence-corrected chi connectivity index (χ3v) is 4.18. The monoisotopic (exact) mass is 302 g/mol. The van der Waals surface area contributed by atoms with E-state index in [-0.39, 0.29) is 0 Å². The van der Waals surface area contributed by atoms with Crippen LogP contribution in [0.15, 0.2) is 15.9 Å². The summed E-state index contributed by atoms with van der Waals surface area (Å²) in [5, 5.41) is 0. The first kappa shape index (κ1) is 13.9. The highest BCUT2D eigenvalue weighted by atomic mass is 79.9. The van der Waals surface area contributed by atoms with Gasteiger partial charge in [-0.05, 0) is 34.5 Å². The van der Waals surface area contributed by atoms with Crippen LogP contribution in [0.4, 0.5) is 0 Å². The minimum atomic E-state index is 0.380.